The third-order valence-corrected chi connectivity index (χ3v) is 3.67. The number of carbonyl (C=O) groups is 1. The molecule has 6 nitrogen and oxygen atoms in total. The van der Waals surface area contributed by atoms with Crippen LogP contribution in [0, 0.1) is 17.2 Å². The Kier molecular flexibility index (Phi) is 5.35. The second-order valence-corrected chi connectivity index (χ2v) is 6.03. The van der Waals surface area contributed by atoms with E-state index in [0.29, 0.717) is 29.4 Å². The molecule has 1 aromatic rings. The number of carboxylic acid groups (broad SMARTS) is 1. The third kappa shape index (κ3) is 4.08. The van der Waals surface area contributed by atoms with E-state index in [1.807, 2.05) is 6.07 Å². The molecular formula is C17H20N2O4. The van der Waals surface area contributed by atoms with Gasteiger partial charge in [-0.3, -0.25) is 0 Å². The highest BCUT2D eigenvalue weighted by molar-refractivity contribution is 6.04. The van der Waals surface area contributed by atoms with Crippen molar-refractivity contribution in [2.24, 2.45) is 11.1 Å². The van der Waals surface area contributed by atoms with Crippen LogP contribution in [-0.2, 0) is 14.4 Å². The highest BCUT2D eigenvalue weighted by Gasteiger charge is 2.47. The van der Waals surface area contributed by atoms with Crippen molar-refractivity contribution in [1.29, 1.82) is 5.26 Å². The SMILES string of the molecule is CC(C)CCOCC1(C(=O)O)CC(c2cccc(C#N)c2)=NO1. The first-order chi connectivity index (χ1) is 11.0. The summed E-state index contributed by atoms with van der Waals surface area (Å²) < 4.78 is 5.49. The number of carboxylic acids is 1. The van der Waals surface area contributed by atoms with Crippen molar-refractivity contribution < 1.29 is 19.5 Å². The summed E-state index contributed by atoms with van der Waals surface area (Å²) in [6, 6.07) is 8.91. The van der Waals surface area contributed by atoms with Gasteiger partial charge in [-0.05, 0) is 24.5 Å². The van der Waals surface area contributed by atoms with Crippen LogP contribution in [0.4, 0.5) is 0 Å². The average Bonchev–Trinajstić information content (AvgIpc) is 2.97. The fraction of sp³-hybridized carbons (Fsp3) is 0.471. The highest BCUT2D eigenvalue weighted by atomic mass is 16.7. The second kappa shape index (κ2) is 7.25. The Morgan fingerprint density at radius 1 is 1.57 bits per heavy atom. The van der Waals surface area contributed by atoms with Crippen molar-refractivity contribution >= 4 is 11.7 Å². The van der Waals surface area contributed by atoms with Crippen molar-refractivity contribution in [2.45, 2.75) is 32.3 Å². The maximum atomic E-state index is 11.6. The molecule has 1 atom stereocenters. The summed E-state index contributed by atoms with van der Waals surface area (Å²) in [5.74, 6) is -0.613. The van der Waals surface area contributed by atoms with Gasteiger partial charge in [0.15, 0.2) is 0 Å². The minimum atomic E-state index is -1.49. The lowest BCUT2D eigenvalue weighted by Crippen LogP contribution is -2.43. The van der Waals surface area contributed by atoms with Gasteiger partial charge in [-0.1, -0.05) is 31.1 Å². The Hall–Kier alpha value is -2.39. The summed E-state index contributed by atoms with van der Waals surface area (Å²) in [7, 11) is 0. The van der Waals surface area contributed by atoms with Crippen LogP contribution in [0.2, 0.25) is 0 Å². The minimum Gasteiger partial charge on any atom is -0.478 e. The van der Waals surface area contributed by atoms with E-state index in [0.717, 1.165) is 6.42 Å². The van der Waals surface area contributed by atoms with E-state index < -0.39 is 11.6 Å². The topological polar surface area (TPSA) is 91.9 Å². The molecule has 1 aliphatic heterocycles. The molecule has 0 aromatic heterocycles. The summed E-state index contributed by atoms with van der Waals surface area (Å²) in [5, 5.41) is 22.4. The van der Waals surface area contributed by atoms with Gasteiger partial charge in [-0.15, -0.1) is 0 Å². The molecule has 0 radical (unpaired) electrons. The van der Waals surface area contributed by atoms with Crippen LogP contribution in [0.25, 0.3) is 0 Å². The zero-order chi connectivity index (χ0) is 16.9. The zero-order valence-corrected chi connectivity index (χ0v) is 13.3. The van der Waals surface area contributed by atoms with Gasteiger partial charge in [0.25, 0.3) is 5.60 Å². The van der Waals surface area contributed by atoms with E-state index in [1.54, 1.807) is 24.3 Å². The zero-order valence-electron chi connectivity index (χ0n) is 13.3. The van der Waals surface area contributed by atoms with Crippen molar-refractivity contribution in [2.75, 3.05) is 13.2 Å². The molecule has 0 fully saturated rings. The Bertz CT molecular complexity index is 648. The molecule has 2 rings (SSSR count). The molecule has 1 heterocycles. The summed E-state index contributed by atoms with van der Waals surface area (Å²) in [6.45, 7) is 4.58. The molecule has 6 heteroatoms. The van der Waals surface area contributed by atoms with Crippen molar-refractivity contribution in [3.8, 4) is 6.07 Å². The van der Waals surface area contributed by atoms with Gasteiger partial charge in [0.2, 0.25) is 0 Å². The standard InChI is InChI=1S/C17H20N2O4/c1-12(2)6-7-22-11-17(16(20)21)9-15(19-23-17)14-5-3-4-13(8-14)10-18/h3-5,8,12H,6-7,9,11H2,1-2H3,(H,20,21). The third-order valence-electron chi connectivity index (χ3n) is 3.67. The molecule has 0 spiro atoms. The highest BCUT2D eigenvalue weighted by Crippen LogP contribution is 2.28. The first-order valence-electron chi connectivity index (χ1n) is 7.53. The summed E-state index contributed by atoms with van der Waals surface area (Å²) in [6.07, 6.45) is 0.965. The van der Waals surface area contributed by atoms with Crippen LogP contribution in [0.3, 0.4) is 0 Å². The van der Waals surface area contributed by atoms with Crippen molar-refractivity contribution in [3.63, 3.8) is 0 Å². The van der Waals surface area contributed by atoms with E-state index >= 15 is 0 Å². The first-order valence-corrected chi connectivity index (χ1v) is 7.53. The maximum Gasteiger partial charge on any atom is 0.353 e. The number of nitrogens with zero attached hydrogens (tertiary/aromatic N) is 2. The first kappa shape index (κ1) is 17.0. The van der Waals surface area contributed by atoms with E-state index in [1.165, 1.54) is 0 Å². The summed E-state index contributed by atoms with van der Waals surface area (Å²) in [5.41, 5.74) is 0.201. The minimum absolute atomic E-state index is 0.0556. The number of hydrogen-bond donors (Lipinski definition) is 1. The second-order valence-electron chi connectivity index (χ2n) is 6.03. The van der Waals surface area contributed by atoms with Gasteiger partial charge >= 0.3 is 5.97 Å². The Balaban J connectivity index is 2.05. The van der Waals surface area contributed by atoms with Crippen molar-refractivity contribution in [1.82, 2.24) is 0 Å². The van der Waals surface area contributed by atoms with Gasteiger partial charge in [0, 0.05) is 18.6 Å². The fourth-order valence-corrected chi connectivity index (χ4v) is 2.21. The molecule has 122 valence electrons. The van der Waals surface area contributed by atoms with Crippen LogP contribution in [-0.4, -0.2) is 35.6 Å². The monoisotopic (exact) mass is 316 g/mol. The number of ether oxygens (including phenoxy) is 1. The Morgan fingerprint density at radius 2 is 2.35 bits per heavy atom. The Labute approximate surface area is 135 Å². The number of oxime groups is 1. The van der Waals surface area contributed by atoms with E-state index in [-0.39, 0.29) is 13.0 Å². The molecule has 0 amide bonds. The predicted molar refractivity (Wildman–Crippen MR) is 84.0 cm³/mol. The van der Waals surface area contributed by atoms with Gasteiger partial charge in [-0.25, -0.2) is 4.79 Å². The van der Waals surface area contributed by atoms with Crippen LogP contribution in [0.1, 0.15) is 37.8 Å². The van der Waals surface area contributed by atoms with Crippen LogP contribution >= 0.6 is 0 Å². The van der Waals surface area contributed by atoms with Crippen LogP contribution in [0.15, 0.2) is 29.4 Å². The summed E-state index contributed by atoms with van der Waals surface area (Å²) >= 11 is 0. The number of benzene rings is 1. The normalized spacial score (nSPS) is 20.0. The van der Waals surface area contributed by atoms with Crippen molar-refractivity contribution in [3.05, 3.63) is 35.4 Å². The van der Waals surface area contributed by atoms with Crippen LogP contribution < -0.4 is 0 Å². The van der Waals surface area contributed by atoms with E-state index in [4.69, 9.17) is 14.8 Å². The van der Waals surface area contributed by atoms with Gasteiger partial charge < -0.3 is 14.7 Å². The summed E-state index contributed by atoms with van der Waals surface area (Å²) in [4.78, 5) is 16.9. The smallest absolute Gasteiger partial charge is 0.353 e. The lowest BCUT2D eigenvalue weighted by atomic mass is 9.94. The van der Waals surface area contributed by atoms with E-state index in [9.17, 15) is 9.90 Å². The average molecular weight is 316 g/mol. The molecule has 1 N–H and O–H groups in total. The molecule has 23 heavy (non-hydrogen) atoms. The number of rotatable bonds is 7. The predicted octanol–water partition coefficient (Wildman–Crippen LogP) is 2.57. The molecule has 1 aliphatic rings. The number of nitriles is 1. The maximum absolute atomic E-state index is 11.6. The Morgan fingerprint density at radius 3 is 3.00 bits per heavy atom. The lowest BCUT2D eigenvalue weighted by molar-refractivity contribution is -0.170. The van der Waals surface area contributed by atoms with E-state index in [2.05, 4.69) is 19.0 Å². The van der Waals surface area contributed by atoms with Gasteiger partial charge in [0.05, 0.1) is 17.3 Å². The lowest BCUT2D eigenvalue weighted by Gasteiger charge is -2.21. The molecule has 1 unspecified atom stereocenters. The molecule has 0 bridgehead atoms. The largest absolute Gasteiger partial charge is 0.478 e. The molecular weight excluding hydrogens is 296 g/mol. The number of aliphatic carboxylic acids is 1. The fourth-order valence-electron chi connectivity index (χ4n) is 2.21. The molecule has 0 saturated heterocycles. The molecule has 0 saturated carbocycles. The van der Waals surface area contributed by atoms with Gasteiger partial charge in [0.1, 0.15) is 6.61 Å². The molecule has 0 aliphatic carbocycles. The van der Waals surface area contributed by atoms with Gasteiger partial charge in [-0.2, -0.15) is 5.26 Å². The molecule has 1 aromatic carbocycles. The van der Waals surface area contributed by atoms with Crippen LogP contribution in [0.5, 0.6) is 0 Å². The number of hydrogen-bond acceptors (Lipinski definition) is 5. The quantitative estimate of drug-likeness (QED) is 0.780.